The molecule has 1 amide bonds. The number of pyridine rings is 1. The van der Waals surface area contributed by atoms with Crippen molar-refractivity contribution in [2.45, 2.75) is 25.4 Å². The summed E-state index contributed by atoms with van der Waals surface area (Å²) >= 11 is 5.75. The summed E-state index contributed by atoms with van der Waals surface area (Å²) in [5.74, 6) is -1.09. The zero-order valence-corrected chi connectivity index (χ0v) is 21.6. The SMILES string of the molecule is Cc1ccccc1NC(=O)CCN1C(=S)NC(c2ccccn2)C1c1cccn1-c1cccc(C(=O)O)c1. The van der Waals surface area contributed by atoms with Gasteiger partial charge in [-0.25, -0.2) is 4.79 Å². The second-order valence-corrected chi connectivity index (χ2v) is 9.48. The molecular weight excluding hydrogens is 498 g/mol. The monoisotopic (exact) mass is 525 g/mol. The lowest BCUT2D eigenvalue weighted by atomic mass is 10.0. The van der Waals surface area contributed by atoms with Gasteiger partial charge < -0.3 is 25.2 Å². The largest absolute Gasteiger partial charge is 0.478 e. The van der Waals surface area contributed by atoms with Gasteiger partial charge in [-0.05, 0) is 73.2 Å². The van der Waals surface area contributed by atoms with E-state index >= 15 is 0 Å². The Morgan fingerprint density at radius 1 is 1.05 bits per heavy atom. The van der Waals surface area contributed by atoms with Gasteiger partial charge >= 0.3 is 5.97 Å². The maximum Gasteiger partial charge on any atom is 0.335 e. The van der Waals surface area contributed by atoms with E-state index in [1.165, 1.54) is 0 Å². The predicted molar refractivity (Wildman–Crippen MR) is 149 cm³/mol. The number of carboxylic acids is 1. The molecule has 2 aromatic carbocycles. The highest BCUT2D eigenvalue weighted by Crippen LogP contribution is 2.39. The third-order valence-electron chi connectivity index (χ3n) is 6.65. The van der Waals surface area contributed by atoms with Crippen molar-refractivity contribution in [2.75, 3.05) is 11.9 Å². The van der Waals surface area contributed by atoms with E-state index in [9.17, 15) is 14.7 Å². The Kier molecular flexibility index (Phi) is 7.19. The zero-order valence-electron chi connectivity index (χ0n) is 20.7. The number of nitrogens with one attached hydrogen (secondary N) is 2. The van der Waals surface area contributed by atoms with Gasteiger partial charge in [-0.2, -0.15) is 0 Å². The molecule has 0 aliphatic carbocycles. The number of anilines is 1. The molecule has 192 valence electrons. The van der Waals surface area contributed by atoms with E-state index in [1.807, 2.05) is 83.3 Å². The first-order valence-corrected chi connectivity index (χ1v) is 12.7. The summed E-state index contributed by atoms with van der Waals surface area (Å²) < 4.78 is 1.96. The number of thiocarbonyl (C=S) groups is 1. The van der Waals surface area contributed by atoms with Gasteiger partial charge in [-0.15, -0.1) is 0 Å². The molecule has 1 aliphatic rings. The van der Waals surface area contributed by atoms with Crippen molar-refractivity contribution in [1.82, 2.24) is 19.8 Å². The summed E-state index contributed by atoms with van der Waals surface area (Å²) in [6.07, 6.45) is 3.87. The van der Waals surface area contributed by atoms with E-state index in [0.717, 1.165) is 28.3 Å². The fourth-order valence-corrected chi connectivity index (χ4v) is 5.11. The Balaban J connectivity index is 1.47. The van der Waals surface area contributed by atoms with Crippen molar-refractivity contribution in [3.63, 3.8) is 0 Å². The van der Waals surface area contributed by atoms with Crippen LogP contribution in [0.2, 0.25) is 0 Å². The third kappa shape index (κ3) is 5.14. The molecule has 2 aromatic heterocycles. The fraction of sp³-hybridized carbons (Fsp3) is 0.172. The highest BCUT2D eigenvalue weighted by Gasteiger charge is 2.41. The number of rotatable bonds is 8. The van der Waals surface area contributed by atoms with Gasteiger partial charge in [0.2, 0.25) is 5.91 Å². The van der Waals surface area contributed by atoms with Crippen molar-refractivity contribution < 1.29 is 14.7 Å². The second kappa shape index (κ2) is 10.9. The molecule has 9 heteroatoms. The van der Waals surface area contributed by atoms with Crippen LogP contribution in [0.15, 0.2) is 91.3 Å². The second-order valence-electron chi connectivity index (χ2n) is 9.09. The molecule has 4 aromatic rings. The number of benzene rings is 2. The number of amides is 1. The summed E-state index contributed by atoms with van der Waals surface area (Å²) in [4.78, 5) is 31.1. The number of aromatic nitrogens is 2. The van der Waals surface area contributed by atoms with Crippen LogP contribution in [0, 0.1) is 6.92 Å². The van der Waals surface area contributed by atoms with Gasteiger partial charge in [-0.1, -0.05) is 30.3 Å². The van der Waals surface area contributed by atoms with Crippen LogP contribution in [-0.2, 0) is 4.79 Å². The quantitative estimate of drug-likeness (QED) is 0.282. The minimum atomic E-state index is -0.989. The molecule has 0 saturated carbocycles. The maximum atomic E-state index is 12.9. The molecule has 0 radical (unpaired) electrons. The van der Waals surface area contributed by atoms with Crippen molar-refractivity contribution in [3.05, 3.63) is 114 Å². The first-order valence-electron chi connectivity index (χ1n) is 12.3. The number of carbonyl (C=O) groups excluding carboxylic acids is 1. The van der Waals surface area contributed by atoms with Gasteiger partial charge in [0.15, 0.2) is 5.11 Å². The van der Waals surface area contributed by atoms with Crippen LogP contribution < -0.4 is 10.6 Å². The van der Waals surface area contributed by atoms with Crippen LogP contribution in [0.5, 0.6) is 0 Å². The lowest BCUT2D eigenvalue weighted by Crippen LogP contribution is -2.33. The lowest BCUT2D eigenvalue weighted by molar-refractivity contribution is -0.116. The Hall–Kier alpha value is -4.50. The average Bonchev–Trinajstić information content (AvgIpc) is 3.53. The minimum Gasteiger partial charge on any atom is -0.478 e. The predicted octanol–water partition coefficient (Wildman–Crippen LogP) is 4.88. The highest BCUT2D eigenvalue weighted by atomic mass is 32.1. The number of para-hydroxylation sites is 1. The van der Waals surface area contributed by atoms with Crippen LogP contribution in [0.4, 0.5) is 5.69 Å². The molecule has 5 rings (SSSR count). The topological polar surface area (TPSA) is 99.5 Å². The summed E-state index contributed by atoms with van der Waals surface area (Å²) in [5.41, 5.74) is 4.42. The molecule has 38 heavy (non-hydrogen) atoms. The number of nitrogens with zero attached hydrogens (tertiary/aromatic N) is 3. The molecule has 2 atom stereocenters. The lowest BCUT2D eigenvalue weighted by Gasteiger charge is -2.29. The maximum absolute atomic E-state index is 12.9. The van der Waals surface area contributed by atoms with Crippen molar-refractivity contribution >= 4 is 34.9 Å². The molecule has 0 spiro atoms. The van der Waals surface area contributed by atoms with Crippen molar-refractivity contribution in [2.24, 2.45) is 0 Å². The number of aryl methyl sites for hydroxylation is 1. The Labute approximate surface area is 225 Å². The Morgan fingerprint density at radius 3 is 2.63 bits per heavy atom. The van der Waals surface area contributed by atoms with Crippen LogP contribution in [0.3, 0.4) is 0 Å². The minimum absolute atomic E-state index is 0.105. The first-order chi connectivity index (χ1) is 18.4. The van der Waals surface area contributed by atoms with E-state index in [2.05, 4.69) is 15.6 Å². The summed E-state index contributed by atoms with van der Waals surface area (Å²) in [6.45, 7) is 2.34. The number of carbonyl (C=O) groups is 2. The molecule has 2 unspecified atom stereocenters. The van der Waals surface area contributed by atoms with E-state index in [1.54, 1.807) is 24.4 Å². The summed E-state index contributed by atoms with van der Waals surface area (Å²) in [6, 6.07) is 23.6. The van der Waals surface area contributed by atoms with E-state index in [4.69, 9.17) is 12.2 Å². The molecule has 1 fully saturated rings. The molecule has 8 nitrogen and oxygen atoms in total. The number of carboxylic acid groups (broad SMARTS) is 1. The van der Waals surface area contributed by atoms with E-state index in [-0.39, 0.29) is 30.0 Å². The number of hydrogen-bond donors (Lipinski definition) is 3. The van der Waals surface area contributed by atoms with Gasteiger partial charge in [0.1, 0.15) is 0 Å². The van der Waals surface area contributed by atoms with Gasteiger partial charge in [0, 0.05) is 42.4 Å². The Bertz CT molecular complexity index is 1490. The molecule has 3 heterocycles. The fourth-order valence-electron chi connectivity index (χ4n) is 4.77. The molecule has 0 bridgehead atoms. The number of hydrogen-bond acceptors (Lipinski definition) is 4. The molecule has 1 aliphatic heterocycles. The van der Waals surface area contributed by atoms with Crippen LogP contribution in [0.25, 0.3) is 5.69 Å². The van der Waals surface area contributed by atoms with Gasteiger partial charge in [0.25, 0.3) is 0 Å². The van der Waals surface area contributed by atoms with Crippen molar-refractivity contribution in [1.29, 1.82) is 0 Å². The van der Waals surface area contributed by atoms with Crippen molar-refractivity contribution in [3.8, 4) is 5.69 Å². The number of aromatic carboxylic acids is 1. The summed E-state index contributed by atoms with van der Waals surface area (Å²) in [7, 11) is 0. The van der Waals surface area contributed by atoms with Crippen LogP contribution in [-0.4, -0.2) is 43.1 Å². The normalized spacial score (nSPS) is 16.8. The third-order valence-corrected chi connectivity index (χ3v) is 7.00. The average molecular weight is 526 g/mol. The highest BCUT2D eigenvalue weighted by molar-refractivity contribution is 7.80. The standard InChI is InChI=1S/C29H27N5O3S/c1-19-8-2-3-11-22(19)31-25(35)14-17-34-27(26(32-29(34)38)23-12-4-5-15-30-23)24-13-7-16-33(24)21-10-6-9-20(18-21)28(36)37/h2-13,15-16,18,26-27H,14,17H2,1H3,(H,31,35)(H,32,38)(H,36,37). The smallest absolute Gasteiger partial charge is 0.335 e. The summed E-state index contributed by atoms with van der Waals surface area (Å²) in [5, 5.41) is 16.4. The molecule has 1 saturated heterocycles. The molecule has 3 N–H and O–H groups in total. The van der Waals surface area contributed by atoms with Gasteiger partial charge in [0.05, 0.1) is 23.3 Å². The Morgan fingerprint density at radius 2 is 1.87 bits per heavy atom. The zero-order chi connectivity index (χ0) is 26.6. The first kappa shape index (κ1) is 25.2. The van der Waals surface area contributed by atoms with E-state index < -0.39 is 5.97 Å². The van der Waals surface area contributed by atoms with Crippen LogP contribution >= 0.6 is 12.2 Å². The van der Waals surface area contributed by atoms with Gasteiger partial charge in [-0.3, -0.25) is 9.78 Å². The molecular formula is C29H27N5O3S. The van der Waals surface area contributed by atoms with E-state index in [0.29, 0.717) is 11.7 Å². The van der Waals surface area contributed by atoms with Crippen LogP contribution in [0.1, 0.15) is 45.8 Å².